The van der Waals surface area contributed by atoms with Crippen molar-refractivity contribution in [2.45, 2.75) is 6.61 Å². The minimum absolute atomic E-state index is 0.0182. The summed E-state index contributed by atoms with van der Waals surface area (Å²) in [7, 11) is 1.12. The summed E-state index contributed by atoms with van der Waals surface area (Å²) in [6.07, 6.45) is 1.43. The first-order chi connectivity index (χ1) is 12.9. The Labute approximate surface area is 162 Å². The molecular weight excluding hydrogens is 397 g/mol. The molecule has 2 aromatic heterocycles. The normalized spacial score (nSPS) is 10.6. The number of nitrogens with zero attached hydrogens (tertiary/aromatic N) is 3. The Morgan fingerprint density at radius 1 is 1.19 bits per heavy atom. The van der Waals surface area contributed by atoms with Crippen LogP contribution < -0.4 is 4.73 Å². The van der Waals surface area contributed by atoms with Crippen LogP contribution >= 0.6 is 23.2 Å². The van der Waals surface area contributed by atoms with Crippen molar-refractivity contribution in [3.63, 3.8) is 0 Å². The van der Waals surface area contributed by atoms with Gasteiger partial charge in [-0.3, -0.25) is 0 Å². The topological polar surface area (TPSA) is 105 Å². The van der Waals surface area contributed by atoms with Gasteiger partial charge in [0.25, 0.3) is 0 Å². The largest absolute Gasteiger partial charge is 0.618 e. The molecule has 10 heteroatoms. The number of hydrogen-bond acceptors (Lipinski definition) is 7. The first-order valence-corrected chi connectivity index (χ1v) is 8.25. The third kappa shape index (κ3) is 3.76. The second-order valence-electron chi connectivity index (χ2n) is 5.24. The van der Waals surface area contributed by atoms with Gasteiger partial charge in [-0.2, -0.15) is 4.73 Å². The van der Waals surface area contributed by atoms with Crippen LogP contribution in [-0.4, -0.2) is 29.0 Å². The molecule has 0 N–H and O–H groups in total. The lowest BCUT2D eigenvalue weighted by Gasteiger charge is -2.11. The van der Waals surface area contributed by atoms with Gasteiger partial charge in [-0.05, 0) is 18.2 Å². The molecule has 138 valence electrons. The molecule has 3 rings (SSSR count). The van der Waals surface area contributed by atoms with Gasteiger partial charge in [-0.15, -0.1) is 0 Å². The van der Waals surface area contributed by atoms with Crippen molar-refractivity contribution >= 4 is 46.2 Å². The number of esters is 2. The van der Waals surface area contributed by atoms with Crippen LogP contribution in [0.3, 0.4) is 0 Å². The summed E-state index contributed by atoms with van der Waals surface area (Å²) >= 11 is 11.9. The number of hydrogen-bond donors (Lipinski definition) is 0. The molecule has 0 atom stereocenters. The van der Waals surface area contributed by atoms with Crippen LogP contribution in [0.1, 0.15) is 26.7 Å². The Balaban J connectivity index is 2.03. The summed E-state index contributed by atoms with van der Waals surface area (Å²) in [4.78, 5) is 32.2. The van der Waals surface area contributed by atoms with Crippen LogP contribution in [0.2, 0.25) is 10.0 Å². The fraction of sp³-hybridized carbons (Fsp3) is 0.118. The molecule has 0 aliphatic carbocycles. The second-order valence-corrected chi connectivity index (χ2v) is 6.05. The van der Waals surface area contributed by atoms with E-state index < -0.39 is 24.2 Å². The first kappa shape index (κ1) is 18.8. The molecule has 0 saturated carbocycles. The van der Waals surface area contributed by atoms with Crippen LogP contribution in [0.25, 0.3) is 11.0 Å². The molecule has 0 aliphatic rings. The average Bonchev–Trinajstić information content (AvgIpc) is 2.68. The van der Waals surface area contributed by atoms with Gasteiger partial charge in [-0.25, -0.2) is 19.6 Å². The van der Waals surface area contributed by atoms with Crippen LogP contribution in [0.15, 0.2) is 36.5 Å². The number of benzene rings is 1. The van der Waals surface area contributed by atoms with E-state index in [9.17, 15) is 14.8 Å². The van der Waals surface area contributed by atoms with Crippen LogP contribution in [-0.2, 0) is 16.1 Å². The average molecular weight is 408 g/mol. The van der Waals surface area contributed by atoms with Crippen molar-refractivity contribution in [3.8, 4) is 0 Å². The third-order valence-corrected chi connectivity index (χ3v) is 4.28. The molecule has 1 aromatic carbocycles. The van der Waals surface area contributed by atoms with Gasteiger partial charge in [0.05, 0.1) is 17.2 Å². The Hall–Kier alpha value is -2.97. The Morgan fingerprint density at radius 2 is 1.93 bits per heavy atom. The molecule has 8 nitrogen and oxygen atoms in total. The van der Waals surface area contributed by atoms with Gasteiger partial charge in [0, 0.05) is 12.3 Å². The molecule has 0 saturated heterocycles. The summed E-state index contributed by atoms with van der Waals surface area (Å²) in [5.41, 5.74) is -0.243. The molecule has 0 spiro atoms. The first-order valence-electron chi connectivity index (χ1n) is 7.50. The van der Waals surface area contributed by atoms with E-state index in [4.69, 9.17) is 27.9 Å². The van der Waals surface area contributed by atoms with E-state index in [-0.39, 0.29) is 32.5 Å². The lowest BCUT2D eigenvalue weighted by atomic mass is 10.2. The number of carbonyl (C=O) groups is 2. The minimum atomic E-state index is -0.936. The maximum absolute atomic E-state index is 12.6. The van der Waals surface area contributed by atoms with E-state index in [0.29, 0.717) is 4.73 Å². The van der Waals surface area contributed by atoms with E-state index in [1.807, 2.05) is 0 Å². The highest BCUT2D eigenvalue weighted by Gasteiger charge is 2.28. The number of halogens is 2. The van der Waals surface area contributed by atoms with E-state index in [1.165, 1.54) is 24.4 Å². The molecule has 2 heterocycles. The van der Waals surface area contributed by atoms with E-state index in [0.717, 1.165) is 7.11 Å². The van der Waals surface area contributed by atoms with E-state index in [2.05, 4.69) is 14.7 Å². The zero-order chi connectivity index (χ0) is 19.6. The zero-order valence-corrected chi connectivity index (χ0v) is 15.3. The van der Waals surface area contributed by atoms with Crippen molar-refractivity contribution in [2.24, 2.45) is 0 Å². The molecule has 0 aliphatic heterocycles. The van der Waals surface area contributed by atoms with Crippen LogP contribution in [0, 0.1) is 5.21 Å². The van der Waals surface area contributed by atoms with Crippen molar-refractivity contribution in [1.29, 1.82) is 0 Å². The summed E-state index contributed by atoms with van der Waals surface area (Å²) < 4.78 is 10.1. The number of carbonyl (C=O) groups excluding carboxylic acids is 2. The molecular formula is C17H11Cl2N3O5. The highest BCUT2D eigenvalue weighted by molar-refractivity contribution is 6.42. The summed E-state index contributed by atoms with van der Waals surface area (Å²) in [5.74, 6) is -1.67. The Morgan fingerprint density at radius 3 is 2.59 bits per heavy atom. The van der Waals surface area contributed by atoms with Crippen LogP contribution in [0.5, 0.6) is 0 Å². The number of ether oxygens (including phenoxy) is 2. The molecule has 0 radical (unpaired) electrons. The Bertz CT molecular complexity index is 1040. The number of fused-ring (bicyclic) bond motifs is 1. The number of aromatic nitrogens is 3. The summed E-state index contributed by atoms with van der Waals surface area (Å²) in [6.45, 7) is -0.446. The van der Waals surface area contributed by atoms with Gasteiger partial charge in [0.1, 0.15) is 17.8 Å². The standard InChI is InChI=1S/C17H11Cl2N3O5/c1-26-17(24)15-13(8-27-16(23)11-4-2-3-5-20-11)21-12-6-9(18)10(19)7-14(12)22(15)25/h2-7H,8H2,1H3. The van der Waals surface area contributed by atoms with Gasteiger partial charge in [-0.1, -0.05) is 29.3 Å². The highest BCUT2D eigenvalue weighted by atomic mass is 35.5. The summed E-state index contributed by atoms with van der Waals surface area (Å²) in [6, 6.07) is 7.39. The Kier molecular flexibility index (Phi) is 5.38. The monoisotopic (exact) mass is 407 g/mol. The fourth-order valence-electron chi connectivity index (χ4n) is 2.30. The van der Waals surface area contributed by atoms with Crippen LogP contribution in [0.4, 0.5) is 0 Å². The molecule has 3 aromatic rings. The summed E-state index contributed by atoms with van der Waals surface area (Å²) in [5, 5.41) is 13.0. The van der Waals surface area contributed by atoms with Crippen molar-refractivity contribution in [3.05, 3.63) is 68.9 Å². The van der Waals surface area contributed by atoms with E-state index in [1.54, 1.807) is 12.1 Å². The molecule has 27 heavy (non-hydrogen) atoms. The van der Waals surface area contributed by atoms with Gasteiger partial charge >= 0.3 is 17.6 Å². The maximum atomic E-state index is 12.6. The fourth-order valence-corrected chi connectivity index (χ4v) is 2.62. The highest BCUT2D eigenvalue weighted by Crippen LogP contribution is 2.26. The smallest absolute Gasteiger partial charge is 0.406 e. The quantitative estimate of drug-likeness (QED) is 0.371. The van der Waals surface area contributed by atoms with E-state index >= 15 is 0 Å². The SMILES string of the molecule is COC(=O)c1c(COC(=O)c2ccccn2)nc2cc(Cl)c(Cl)cc2[n+]1[O-]. The molecule has 0 fully saturated rings. The number of pyridine rings is 1. The third-order valence-electron chi connectivity index (χ3n) is 3.56. The van der Waals surface area contributed by atoms with Gasteiger partial charge < -0.3 is 14.7 Å². The number of rotatable bonds is 4. The zero-order valence-electron chi connectivity index (χ0n) is 13.8. The predicted octanol–water partition coefficient (Wildman–Crippen LogP) is 2.71. The van der Waals surface area contributed by atoms with Crippen molar-refractivity contribution in [2.75, 3.05) is 7.11 Å². The van der Waals surface area contributed by atoms with Crippen molar-refractivity contribution < 1.29 is 23.8 Å². The lowest BCUT2D eigenvalue weighted by Crippen LogP contribution is -2.38. The van der Waals surface area contributed by atoms with Gasteiger partial charge in [0.2, 0.25) is 5.52 Å². The second kappa shape index (κ2) is 7.73. The predicted molar refractivity (Wildman–Crippen MR) is 95.4 cm³/mol. The minimum Gasteiger partial charge on any atom is -0.618 e. The molecule has 0 unspecified atom stereocenters. The molecule has 0 bridgehead atoms. The maximum Gasteiger partial charge on any atom is 0.406 e. The van der Waals surface area contributed by atoms with Crippen molar-refractivity contribution in [1.82, 2.24) is 9.97 Å². The molecule has 0 amide bonds. The lowest BCUT2D eigenvalue weighted by molar-refractivity contribution is -0.581. The number of methoxy groups -OCH3 is 1. The van der Waals surface area contributed by atoms with Gasteiger partial charge in [0.15, 0.2) is 5.69 Å².